The van der Waals surface area contributed by atoms with Crippen molar-refractivity contribution < 1.29 is 9.47 Å². The molecule has 18 aromatic rings. The number of ether oxygens (including phenoxy) is 2. The predicted molar refractivity (Wildman–Crippen MR) is 372 cm³/mol. The number of rotatable bonds is 5. The van der Waals surface area contributed by atoms with E-state index in [2.05, 4.69) is 284 Å². The Bertz CT molecular complexity index is 5890. The summed E-state index contributed by atoms with van der Waals surface area (Å²) in [6, 6.07) is 103. The maximum absolute atomic E-state index is 7.72. The van der Waals surface area contributed by atoms with Gasteiger partial charge in [0.25, 0.3) is 0 Å². The number of hydrogen-bond acceptors (Lipinski definition) is 5. The van der Waals surface area contributed by atoms with Crippen LogP contribution in [0.5, 0.6) is 23.0 Å². The van der Waals surface area contributed by atoms with Gasteiger partial charge in [-0.05, 0) is 109 Å². The van der Waals surface area contributed by atoms with Crippen molar-refractivity contribution in [3.8, 4) is 57.1 Å². The zero-order valence-corrected chi connectivity index (χ0v) is 49.2. The normalized spacial score (nSPS) is 13.5. The number of anilines is 3. The van der Waals surface area contributed by atoms with E-state index in [1.807, 2.05) is 36.7 Å². The van der Waals surface area contributed by atoms with Gasteiger partial charge in [0.1, 0.15) is 11.5 Å². The first-order chi connectivity index (χ1) is 45.6. The Morgan fingerprint density at radius 2 is 0.554 bits per heavy atom. The monoisotopic (exact) mass is 1180 g/mol. The number of benzene rings is 12. The van der Waals surface area contributed by atoms with Crippen molar-refractivity contribution in [3.63, 3.8) is 0 Å². The largest absolute Gasteiger partial charge is 0.457 e. The molecule has 0 N–H and O–H groups in total. The molecule has 428 valence electrons. The van der Waals surface area contributed by atoms with Crippen molar-refractivity contribution in [2.45, 2.75) is 5.41 Å². The zero-order chi connectivity index (χ0) is 59.9. The van der Waals surface area contributed by atoms with Gasteiger partial charge in [0.2, 0.25) is 0 Å². The predicted octanol–water partition coefficient (Wildman–Crippen LogP) is 20.9. The topological polar surface area (TPSA) is 67.2 Å². The summed E-state index contributed by atoms with van der Waals surface area (Å²) < 4.78 is 23.8. The number of pyridine rings is 2. The summed E-state index contributed by atoms with van der Waals surface area (Å²) in [5, 5.41) is 9.39. The number of nitrogens with zero attached hydrogens (tertiary/aromatic N) is 7. The van der Waals surface area contributed by atoms with Gasteiger partial charge in [0.05, 0.1) is 96.1 Å². The highest BCUT2D eigenvalue weighted by Gasteiger charge is 2.53. The highest BCUT2D eigenvalue weighted by atomic mass is 16.5. The Labute approximate surface area is 526 Å². The molecule has 9 nitrogen and oxygen atoms in total. The van der Waals surface area contributed by atoms with Crippen molar-refractivity contribution in [1.82, 2.24) is 28.2 Å². The second-order valence-electron chi connectivity index (χ2n) is 24.4. The molecule has 0 atom stereocenters. The molecule has 1 aliphatic carbocycles. The van der Waals surface area contributed by atoms with Gasteiger partial charge in [-0.1, -0.05) is 164 Å². The summed E-state index contributed by atoms with van der Waals surface area (Å²) >= 11 is 0. The first-order valence-corrected chi connectivity index (χ1v) is 31.3. The van der Waals surface area contributed by atoms with Crippen LogP contribution in [0.3, 0.4) is 0 Å². The molecular weight excluding hydrogens is 1130 g/mol. The van der Waals surface area contributed by atoms with E-state index < -0.39 is 5.41 Å². The fourth-order valence-corrected chi connectivity index (χ4v) is 16.1. The quantitative estimate of drug-likeness (QED) is 0.172. The molecule has 0 unspecified atom stereocenters. The van der Waals surface area contributed by atoms with Crippen LogP contribution in [0, 0.1) is 0 Å². The molecule has 0 saturated carbocycles. The van der Waals surface area contributed by atoms with Gasteiger partial charge in [-0.2, -0.15) is 0 Å². The highest BCUT2D eigenvalue weighted by Crippen LogP contribution is 2.63. The van der Waals surface area contributed by atoms with Crippen LogP contribution in [0.4, 0.5) is 17.1 Å². The first kappa shape index (κ1) is 49.5. The third-order valence-corrected chi connectivity index (χ3v) is 19.9. The van der Waals surface area contributed by atoms with Gasteiger partial charge in [-0.25, -0.2) is 0 Å². The average molecular weight is 1180 g/mol. The molecule has 3 aliphatic rings. The number of fused-ring (bicyclic) bond motifs is 23. The lowest BCUT2D eigenvalue weighted by atomic mass is 9.66. The third-order valence-electron chi connectivity index (χ3n) is 19.9. The summed E-state index contributed by atoms with van der Waals surface area (Å²) in [7, 11) is 0. The molecule has 0 fully saturated rings. The van der Waals surface area contributed by atoms with E-state index in [0.29, 0.717) is 0 Å². The third kappa shape index (κ3) is 6.54. The van der Waals surface area contributed by atoms with Gasteiger partial charge >= 0.3 is 0 Å². The first-order valence-electron chi connectivity index (χ1n) is 31.3. The van der Waals surface area contributed by atoms with Gasteiger partial charge in [0.15, 0.2) is 11.5 Å². The van der Waals surface area contributed by atoms with E-state index in [0.717, 1.165) is 151 Å². The van der Waals surface area contributed by atoms with Crippen LogP contribution in [0.15, 0.2) is 298 Å². The molecule has 0 radical (unpaired) electrons. The van der Waals surface area contributed by atoms with Crippen molar-refractivity contribution in [3.05, 3.63) is 320 Å². The molecule has 0 amide bonds. The van der Waals surface area contributed by atoms with Crippen LogP contribution in [-0.2, 0) is 5.41 Å². The molecular formula is C83H49N7O2. The van der Waals surface area contributed by atoms with Crippen LogP contribution < -0.4 is 14.4 Å². The van der Waals surface area contributed by atoms with Gasteiger partial charge in [-0.3, -0.25) is 9.97 Å². The molecule has 1 spiro atoms. The molecule has 12 aromatic carbocycles. The highest BCUT2D eigenvalue weighted by molar-refractivity contribution is 6.13. The van der Waals surface area contributed by atoms with Crippen molar-refractivity contribution in [2.24, 2.45) is 0 Å². The van der Waals surface area contributed by atoms with Crippen LogP contribution in [-0.4, -0.2) is 28.2 Å². The van der Waals surface area contributed by atoms with Gasteiger partial charge in [0, 0.05) is 94.5 Å². The number of para-hydroxylation sites is 11. The van der Waals surface area contributed by atoms with Crippen molar-refractivity contribution in [1.29, 1.82) is 0 Å². The van der Waals surface area contributed by atoms with E-state index in [1.165, 1.54) is 32.3 Å². The maximum Gasteiger partial charge on any atom is 0.151 e. The molecule has 6 aromatic heterocycles. The second kappa shape index (κ2) is 18.3. The maximum atomic E-state index is 7.72. The lowest BCUT2D eigenvalue weighted by Crippen LogP contribution is -2.32. The van der Waals surface area contributed by atoms with E-state index in [4.69, 9.17) is 19.4 Å². The van der Waals surface area contributed by atoms with E-state index in [-0.39, 0.29) is 0 Å². The Morgan fingerprint density at radius 1 is 0.239 bits per heavy atom. The van der Waals surface area contributed by atoms with Gasteiger partial charge < -0.3 is 32.6 Å². The Balaban J connectivity index is 0.846. The Hall–Kier alpha value is -12.5. The zero-order valence-electron chi connectivity index (χ0n) is 49.2. The fraction of sp³-hybridized carbons (Fsp3) is 0.0120. The Kier molecular flexibility index (Phi) is 9.86. The molecule has 8 heterocycles. The van der Waals surface area contributed by atoms with E-state index in [9.17, 15) is 0 Å². The lowest BCUT2D eigenvalue weighted by molar-refractivity contribution is 0.436. The summed E-state index contributed by atoms with van der Waals surface area (Å²) in [6.07, 6.45) is 4.09. The van der Waals surface area contributed by atoms with Crippen LogP contribution >= 0.6 is 0 Å². The molecule has 0 saturated heterocycles. The molecule has 2 aliphatic heterocycles. The molecule has 0 bridgehead atoms. The van der Waals surface area contributed by atoms with Crippen molar-refractivity contribution >= 4 is 104 Å². The van der Waals surface area contributed by atoms with E-state index >= 15 is 0 Å². The smallest absolute Gasteiger partial charge is 0.151 e. The fourth-order valence-electron chi connectivity index (χ4n) is 16.1. The van der Waals surface area contributed by atoms with Gasteiger partial charge in [-0.15, -0.1) is 0 Å². The average Bonchev–Trinajstić information content (AvgIpc) is 1.47. The number of hydrogen-bond donors (Lipinski definition) is 0. The standard InChI is InChI=1S/C83H49N7O2/c1-8-26-67-55(19-1)56-20-2-9-27-68(56)86(67)51-37-40-63-79(46-51)92-80-47-52(87-73-32-14-7-25-61(73)62-43-50(39-42-74(62)87)88-75-33-15-17-35-77(75)91-78-36-18-16-34-76(78)88)38-41-64(80)83(63)65-44-53(89-69-28-10-3-21-57(69)58-22-4-11-29-70(58)89)48-84-81(65)82-66(83)45-54(49-85-82)90-71-30-12-5-23-59(71)60-24-6-13-31-72(60)90/h1-49H. The molecule has 21 rings (SSSR count). The second-order valence-corrected chi connectivity index (χ2v) is 24.4. The molecule has 9 heteroatoms. The lowest BCUT2D eigenvalue weighted by Gasteiger charge is -2.39. The van der Waals surface area contributed by atoms with Crippen molar-refractivity contribution in [2.75, 3.05) is 4.90 Å². The van der Waals surface area contributed by atoms with E-state index in [1.54, 1.807) is 0 Å². The van der Waals surface area contributed by atoms with Crippen LogP contribution in [0.25, 0.3) is 121 Å². The van der Waals surface area contributed by atoms with Crippen LogP contribution in [0.2, 0.25) is 0 Å². The minimum absolute atomic E-state index is 0.738. The summed E-state index contributed by atoms with van der Waals surface area (Å²) in [6.45, 7) is 0. The van der Waals surface area contributed by atoms with Crippen LogP contribution in [0.1, 0.15) is 22.3 Å². The Morgan fingerprint density at radius 3 is 0.957 bits per heavy atom. The molecule has 92 heavy (non-hydrogen) atoms. The minimum atomic E-state index is -1.02. The SMILES string of the molecule is c1ccc2c(c1)Oc1ccccc1N2c1ccc2c(c1)c1ccccc1n2-c1ccc2c(c1)Oc1cc(-n3c4ccccc4c4ccccc43)ccc1C21c2cc(-n3c4ccccc4c4ccccc43)cnc2-c2ncc(-n3c4ccccc4c4ccccc43)cc21. The summed E-state index contributed by atoms with van der Waals surface area (Å²) in [5.74, 6) is 3.11. The summed E-state index contributed by atoms with van der Waals surface area (Å²) in [4.78, 5) is 13.6. The number of aromatic nitrogens is 6. The summed E-state index contributed by atoms with van der Waals surface area (Å²) in [5.41, 5.74) is 20.4. The minimum Gasteiger partial charge on any atom is -0.457 e.